The molecule has 1 aromatic rings. The van der Waals surface area contributed by atoms with Crippen molar-refractivity contribution in [3.63, 3.8) is 0 Å². The van der Waals surface area contributed by atoms with Crippen molar-refractivity contribution in [2.24, 2.45) is 0 Å². The maximum atomic E-state index is 13.1. The largest absolute Gasteiger partial charge is 0.381 e. The lowest BCUT2D eigenvalue weighted by atomic mass is 10.2. The van der Waals surface area contributed by atoms with Crippen LogP contribution in [0.1, 0.15) is 12.0 Å². The Balaban J connectivity index is 2.10. The van der Waals surface area contributed by atoms with Crippen LogP contribution in [-0.4, -0.2) is 26.0 Å². The third-order valence-electron chi connectivity index (χ3n) is 2.65. The third-order valence-corrected chi connectivity index (χ3v) is 4.41. The Labute approximate surface area is 94.6 Å². The van der Waals surface area contributed by atoms with Gasteiger partial charge in [-0.1, -0.05) is 0 Å². The van der Waals surface area contributed by atoms with E-state index in [1.165, 1.54) is 12.1 Å². The first-order valence-electron chi connectivity index (χ1n) is 5.19. The molecule has 0 radical (unpaired) electrons. The van der Waals surface area contributed by atoms with Gasteiger partial charge in [-0.25, -0.2) is 12.8 Å². The summed E-state index contributed by atoms with van der Waals surface area (Å²) in [7, 11) is -2.89. The van der Waals surface area contributed by atoms with E-state index >= 15 is 0 Å². The van der Waals surface area contributed by atoms with Gasteiger partial charge in [0.05, 0.1) is 11.5 Å². The predicted molar refractivity (Wildman–Crippen MR) is 61.8 cm³/mol. The zero-order chi connectivity index (χ0) is 11.8. The minimum absolute atomic E-state index is 0.0915. The van der Waals surface area contributed by atoms with Gasteiger partial charge in [0.25, 0.3) is 0 Å². The van der Waals surface area contributed by atoms with E-state index in [0.29, 0.717) is 12.1 Å². The summed E-state index contributed by atoms with van der Waals surface area (Å²) in [5.41, 5.74) is 1.47. The molecular weight excluding hydrogens is 229 g/mol. The molecule has 1 aliphatic rings. The normalized spacial score (nSPS) is 23.2. The zero-order valence-electron chi connectivity index (χ0n) is 9.03. The Morgan fingerprint density at radius 3 is 2.69 bits per heavy atom. The lowest BCUT2D eigenvalue weighted by Crippen LogP contribution is -2.20. The van der Waals surface area contributed by atoms with Gasteiger partial charge in [-0.2, -0.15) is 0 Å². The maximum absolute atomic E-state index is 13.1. The molecule has 2 rings (SSSR count). The van der Waals surface area contributed by atoms with Crippen LogP contribution in [0.15, 0.2) is 18.2 Å². The van der Waals surface area contributed by atoms with Crippen molar-refractivity contribution in [3.8, 4) is 0 Å². The topological polar surface area (TPSA) is 46.2 Å². The molecule has 16 heavy (non-hydrogen) atoms. The lowest BCUT2D eigenvalue weighted by molar-refractivity contribution is 0.602. The summed E-state index contributed by atoms with van der Waals surface area (Å²) >= 11 is 0. The summed E-state index contributed by atoms with van der Waals surface area (Å²) in [6, 6.07) is 4.55. The minimum atomic E-state index is -2.89. The summed E-state index contributed by atoms with van der Waals surface area (Å²) in [5, 5.41) is 3.06. The fourth-order valence-corrected chi connectivity index (χ4v) is 3.64. The Morgan fingerprint density at radius 2 is 2.12 bits per heavy atom. The molecule has 1 heterocycles. The molecule has 3 nitrogen and oxygen atoms in total. The summed E-state index contributed by atoms with van der Waals surface area (Å²) in [4.78, 5) is 0. The molecule has 1 fully saturated rings. The SMILES string of the molecule is Cc1cc(F)cc(NC2CCS(=O)(=O)C2)c1. The van der Waals surface area contributed by atoms with Gasteiger partial charge < -0.3 is 5.32 Å². The molecule has 1 atom stereocenters. The van der Waals surface area contributed by atoms with Gasteiger partial charge in [0, 0.05) is 11.7 Å². The van der Waals surface area contributed by atoms with Gasteiger partial charge in [-0.15, -0.1) is 0 Å². The van der Waals surface area contributed by atoms with Crippen LogP contribution in [0.2, 0.25) is 0 Å². The standard InChI is InChI=1S/C11H14FNO2S/c1-8-4-9(12)6-11(5-8)13-10-2-3-16(14,15)7-10/h4-6,10,13H,2-3,7H2,1H3. The molecule has 0 spiro atoms. The van der Waals surface area contributed by atoms with Crippen LogP contribution in [-0.2, 0) is 9.84 Å². The molecule has 0 saturated carbocycles. The summed E-state index contributed by atoms with van der Waals surface area (Å²) in [5.74, 6) is 0.0602. The predicted octanol–water partition coefficient (Wildman–Crippen LogP) is 1.73. The second kappa shape index (κ2) is 4.05. The number of sulfone groups is 1. The van der Waals surface area contributed by atoms with Gasteiger partial charge >= 0.3 is 0 Å². The average Bonchev–Trinajstić information content (AvgIpc) is 2.43. The summed E-state index contributed by atoms with van der Waals surface area (Å²) in [6.45, 7) is 1.81. The molecule has 0 aromatic heterocycles. The second-order valence-electron chi connectivity index (χ2n) is 4.26. The van der Waals surface area contributed by atoms with Crippen LogP contribution in [0.5, 0.6) is 0 Å². The fraction of sp³-hybridized carbons (Fsp3) is 0.455. The van der Waals surface area contributed by atoms with Gasteiger partial charge in [0.15, 0.2) is 9.84 Å². The quantitative estimate of drug-likeness (QED) is 0.860. The third kappa shape index (κ3) is 2.72. The van der Waals surface area contributed by atoms with E-state index in [-0.39, 0.29) is 23.4 Å². The van der Waals surface area contributed by atoms with E-state index < -0.39 is 9.84 Å². The second-order valence-corrected chi connectivity index (χ2v) is 6.49. The first-order chi connectivity index (χ1) is 7.44. The smallest absolute Gasteiger partial charge is 0.152 e. The number of anilines is 1. The van der Waals surface area contributed by atoms with E-state index in [4.69, 9.17) is 0 Å². The van der Waals surface area contributed by atoms with Crippen LogP contribution >= 0.6 is 0 Å². The van der Waals surface area contributed by atoms with Gasteiger partial charge in [-0.05, 0) is 37.1 Å². The number of rotatable bonds is 2. The fourth-order valence-electron chi connectivity index (χ4n) is 1.96. The number of hydrogen-bond acceptors (Lipinski definition) is 3. The van der Waals surface area contributed by atoms with Crippen LogP contribution in [0.25, 0.3) is 0 Å². The van der Waals surface area contributed by atoms with Crippen molar-refractivity contribution >= 4 is 15.5 Å². The summed E-state index contributed by atoms with van der Waals surface area (Å²) < 4.78 is 35.6. The first kappa shape index (κ1) is 11.4. The number of aryl methyl sites for hydroxylation is 1. The molecule has 1 aliphatic heterocycles. The van der Waals surface area contributed by atoms with Crippen molar-refractivity contribution in [2.75, 3.05) is 16.8 Å². The van der Waals surface area contributed by atoms with Crippen LogP contribution < -0.4 is 5.32 Å². The highest BCUT2D eigenvalue weighted by molar-refractivity contribution is 7.91. The minimum Gasteiger partial charge on any atom is -0.381 e. The average molecular weight is 243 g/mol. The molecule has 0 aliphatic carbocycles. The van der Waals surface area contributed by atoms with Gasteiger partial charge in [0.2, 0.25) is 0 Å². The Morgan fingerprint density at radius 1 is 1.38 bits per heavy atom. The van der Waals surface area contributed by atoms with E-state index in [1.54, 1.807) is 6.92 Å². The highest BCUT2D eigenvalue weighted by Gasteiger charge is 2.27. The Hall–Kier alpha value is -1.10. The summed E-state index contributed by atoms with van der Waals surface area (Å²) in [6.07, 6.45) is 0.595. The molecule has 5 heteroatoms. The van der Waals surface area contributed by atoms with Crippen LogP contribution in [0, 0.1) is 12.7 Å². The first-order valence-corrected chi connectivity index (χ1v) is 7.01. The number of hydrogen-bond donors (Lipinski definition) is 1. The van der Waals surface area contributed by atoms with E-state index in [9.17, 15) is 12.8 Å². The number of halogens is 1. The van der Waals surface area contributed by atoms with Crippen molar-refractivity contribution in [1.29, 1.82) is 0 Å². The van der Waals surface area contributed by atoms with Crippen LogP contribution in [0.3, 0.4) is 0 Å². The van der Waals surface area contributed by atoms with Crippen LogP contribution in [0.4, 0.5) is 10.1 Å². The zero-order valence-corrected chi connectivity index (χ0v) is 9.85. The molecular formula is C11H14FNO2S. The molecule has 1 saturated heterocycles. The van der Waals surface area contributed by atoms with E-state index in [0.717, 1.165) is 5.56 Å². The Bertz CT molecular complexity index is 478. The van der Waals surface area contributed by atoms with Gasteiger partial charge in [-0.3, -0.25) is 0 Å². The molecule has 1 N–H and O–H groups in total. The maximum Gasteiger partial charge on any atom is 0.152 e. The van der Waals surface area contributed by atoms with Crippen molar-refractivity contribution in [2.45, 2.75) is 19.4 Å². The van der Waals surface area contributed by atoms with Crippen molar-refractivity contribution < 1.29 is 12.8 Å². The van der Waals surface area contributed by atoms with E-state index in [2.05, 4.69) is 5.32 Å². The lowest BCUT2D eigenvalue weighted by Gasteiger charge is -2.12. The van der Waals surface area contributed by atoms with Gasteiger partial charge in [0.1, 0.15) is 5.82 Å². The molecule has 1 aromatic carbocycles. The van der Waals surface area contributed by atoms with Crippen molar-refractivity contribution in [1.82, 2.24) is 0 Å². The molecule has 0 bridgehead atoms. The number of benzene rings is 1. The molecule has 1 unspecified atom stereocenters. The Kier molecular flexibility index (Phi) is 2.88. The highest BCUT2D eigenvalue weighted by atomic mass is 32.2. The molecule has 88 valence electrons. The van der Waals surface area contributed by atoms with E-state index in [1.807, 2.05) is 6.07 Å². The van der Waals surface area contributed by atoms with Crippen molar-refractivity contribution in [3.05, 3.63) is 29.6 Å². The number of nitrogens with one attached hydrogen (secondary N) is 1. The highest BCUT2D eigenvalue weighted by Crippen LogP contribution is 2.19. The monoisotopic (exact) mass is 243 g/mol. The molecule has 0 amide bonds.